The summed E-state index contributed by atoms with van der Waals surface area (Å²) in [5, 5.41) is 14.8. The van der Waals surface area contributed by atoms with Gasteiger partial charge in [-0.25, -0.2) is 10.0 Å². The molecule has 194 valence electrons. The highest BCUT2D eigenvalue weighted by Crippen LogP contribution is 2.55. The van der Waals surface area contributed by atoms with Gasteiger partial charge in [0.1, 0.15) is 0 Å². The monoisotopic (exact) mass is 530 g/mol. The normalized spacial score (nSPS) is 18.3. The van der Waals surface area contributed by atoms with Crippen LogP contribution in [0.25, 0.3) is 0 Å². The molecule has 1 unspecified atom stereocenters. The van der Waals surface area contributed by atoms with Crippen molar-refractivity contribution in [2.75, 3.05) is 10.0 Å². The molecule has 0 radical (unpaired) electrons. The number of aryl methyl sites for hydroxylation is 1. The summed E-state index contributed by atoms with van der Waals surface area (Å²) in [6.07, 6.45) is 0. The first kappa shape index (κ1) is 25.1. The number of thioether (sulfide) groups is 1. The molecule has 0 N–H and O–H groups in total. The van der Waals surface area contributed by atoms with E-state index in [0.29, 0.717) is 11.0 Å². The molecule has 4 aromatic rings. The van der Waals surface area contributed by atoms with Gasteiger partial charge in [0.25, 0.3) is 0 Å². The van der Waals surface area contributed by atoms with Crippen molar-refractivity contribution < 1.29 is 4.79 Å². The van der Waals surface area contributed by atoms with Gasteiger partial charge in [-0.15, -0.1) is 0 Å². The number of hydrogen-bond acceptors (Lipinski definition) is 6. The fourth-order valence-electron chi connectivity index (χ4n) is 5.17. The van der Waals surface area contributed by atoms with E-state index < -0.39 is 4.99 Å². The molecular formula is C33H30N4OS. The van der Waals surface area contributed by atoms with E-state index in [9.17, 15) is 4.79 Å². The maximum atomic E-state index is 12.8. The number of carbonyl (C=O) groups excluding carboxylic acids is 1. The fraction of sp³-hybridized carbons (Fsp3) is 0.182. The number of ketones is 1. The van der Waals surface area contributed by atoms with Gasteiger partial charge in [0.2, 0.25) is 4.99 Å². The number of carbonyl (C=O) groups is 1. The van der Waals surface area contributed by atoms with Crippen LogP contribution in [0.15, 0.2) is 113 Å². The molecule has 0 saturated heterocycles. The lowest BCUT2D eigenvalue weighted by atomic mass is 9.92. The molecule has 2 aliphatic heterocycles. The molecule has 4 aromatic carbocycles. The van der Waals surface area contributed by atoms with E-state index >= 15 is 0 Å². The summed E-state index contributed by atoms with van der Waals surface area (Å²) in [5.74, 6) is 0.378. The van der Waals surface area contributed by atoms with Crippen molar-refractivity contribution in [1.82, 2.24) is 0 Å². The maximum Gasteiger partial charge on any atom is 0.234 e. The lowest BCUT2D eigenvalue weighted by molar-refractivity contribution is -0.110. The number of fused-ring (bicyclic) bond motifs is 2. The molecule has 1 atom stereocenters. The smallest absolute Gasteiger partial charge is 0.234 e. The van der Waals surface area contributed by atoms with E-state index in [2.05, 4.69) is 87.5 Å². The fourth-order valence-corrected chi connectivity index (χ4v) is 6.45. The zero-order valence-corrected chi connectivity index (χ0v) is 23.3. The van der Waals surface area contributed by atoms with E-state index in [1.54, 1.807) is 6.92 Å². The van der Waals surface area contributed by atoms with E-state index in [1.165, 1.54) is 17.3 Å². The van der Waals surface area contributed by atoms with Gasteiger partial charge in [-0.05, 0) is 53.9 Å². The third-order valence-electron chi connectivity index (χ3n) is 7.23. The summed E-state index contributed by atoms with van der Waals surface area (Å²) in [5.41, 5.74) is 8.17. The van der Waals surface area contributed by atoms with Crippen LogP contribution in [-0.4, -0.2) is 16.5 Å². The molecule has 2 heterocycles. The quantitative estimate of drug-likeness (QED) is 0.266. The first-order valence-corrected chi connectivity index (χ1v) is 14.0. The highest BCUT2D eigenvalue weighted by molar-refractivity contribution is 8.17. The summed E-state index contributed by atoms with van der Waals surface area (Å²) >= 11 is 1.45. The third kappa shape index (κ3) is 4.16. The second-order valence-electron chi connectivity index (χ2n) is 10.2. The molecule has 0 fully saturated rings. The lowest BCUT2D eigenvalue weighted by Gasteiger charge is -2.47. The number of benzene rings is 4. The molecule has 5 nitrogen and oxygen atoms in total. The number of anilines is 2. The van der Waals surface area contributed by atoms with Gasteiger partial charge in [0.05, 0.1) is 17.1 Å². The predicted octanol–water partition coefficient (Wildman–Crippen LogP) is 7.66. The summed E-state index contributed by atoms with van der Waals surface area (Å²) in [7, 11) is 0. The van der Waals surface area contributed by atoms with E-state index in [-0.39, 0.29) is 5.78 Å². The first-order valence-electron chi connectivity index (χ1n) is 13.2. The Balaban J connectivity index is 1.64. The maximum absolute atomic E-state index is 12.8. The standard InChI is InChI=1S/C33H30N4OS/c1-22(2)25-18-20-26(21-19-25)31-28-15-9-10-16-29(28)33(36(34-31)27-13-6-5-7-14-27)37(35-32(39-33)24(4)38)30-17-11-8-12-23(30)3/h5-22H,1-4H3. The Hall–Kier alpha value is -4.16. The van der Waals surface area contributed by atoms with Crippen molar-refractivity contribution >= 4 is 39.7 Å². The molecule has 0 aliphatic carbocycles. The largest absolute Gasteiger partial charge is 0.292 e. The van der Waals surface area contributed by atoms with Crippen LogP contribution in [0.1, 0.15) is 54.5 Å². The van der Waals surface area contributed by atoms with Gasteiger partial charge in [0, 0.05) is 23.6 Å². The number of Topliss-reactive ketones (excluding diaryl/α,β-unsaturated/α-hetero) is 1. The van der Waals surface area contributed by atoms with Crippen LogP contribution in [0.5, 0.6) is 0 Å². The SMILES string of the molecule is CC(=O)C1=NN(c2ccccc2C)C2(S1)c1ccccc1C(c1ccc(C(C)C)cc1)=NN2c1ccccc1. The van der Waals surface area contributed by atoms with Gasteiger partial charge in [0.15, 0.2) is 10.8 Å². The van der Waals surface area contributed by atoms with Crippen LogP contribution < -0.4 is 10.0 Å². The summed E-state index contributed by atoms with van der Waals surface area (Å²) in [6, 6.07) is 35.3. The molecule has 6 heteroatoms. The van der Waals surface area contributed by atoms with Gasteiger partial charge < -0.3 is 0 Å². The van der Waals surface area contributed by atoms with Crippen LogP contribution in [0.4, 0.5) is 11.4 Å². The Morgan fingerprint density at radius 3 is 2.15 bits per heavy atom. The van der Waals surface area contributed by atoms with E-state index in [0.717, 1.165) is 39.3 Å². The molecule has 0 bridgehead atoms. The number of hydrazone groups is 2. The minimum absolute atomic E-state index is 0.0694. The molecular weight excluding hydrogens is 500 g/mol. The van der Waals surface area contributed by atoms with Crippen molar-refractivity contribution in [3.8, 4) is 0 Å². The lowest BCUT2D eigenvalue weighted by Crippen LogP contribution is -2.54. The molecule has 6 rings (SSSR count). The Bertz CT molecular complexity index is 1610. The second-order valence-corrected chi connectivity index (χ2v) is 11.3. The Kier molecular flexibility index (Phi) is 6.35. The Labute approximate surface area is 233 Å². The topological polar surface area (TPSA) is 48.3 Å². The van der Waals surface area contributed by atoms with Crippen molar-refractivity contribution in [2.45, 2.75) is 38.6 Å². The molecule has 39 heavy (non-hydrogen) atoms. The number of rotatable bonds is 5. The number of nitrogens with zero attached hydrogens (tertiary/aromatic N) is 4. The average molecular weight is 531 g/mol. The van der Waals surface area contributed by atoms with E-state index in [1.807, 2.05) is 46.4 Å². The highest BCUT2D eigenvalue weighted by atomic mass is 32.2. The van der Waals surface area contributed by atoms with Crippen LogP contribution in [-0.2, 0) is 9.79 Å². The van der Waals surface area contributed by atoms with Crippen LogP contribution in [0.2, 0.25) is 0 Å². The Morgan fingerprint density at radius 1 is 0.795 bits per heavy atom. The van der Waals surface area contributed by atoms with Crippen LogP contribution >= 0.6 is 11.8 Å². The van der Waals surface area contributed by atoms with Gasteiger partial charge in [-0.3, -0.25) is 4.79 Å². The average Bonchev–Trinajstić information content (AvgIpc) is 3.35. The van der Waals surface area contributed by atoms with Crippen molar-refractivity contribution in [1.29, 1.82) is 0 Å². The van der Waals surface area contributed by atoms with Crippen molar-refractivity contribution in [3.05, 3.63) is 131 Å². The zero-order chi connectivity index (χ0) is 27.1. The molecule has 0 amide bonds. The summed E-state index contributed by atoms with van der Waals surface area (Å²) in [6.45, 7) is 8.05. The molecule has 1 spiro atoms. The summed E-state index contributed by atoms with van der Waals surface area (Å²) in [4.78, 5) is 11.9. The minimum Gasteiger partial charge on any atom is -0.292 e. The Morgan fingerprint density at radius 2 is 1.46 bits per heavy atom. The summed E-state index contributed by atoms with van der Waals surface area (Å²) < 4.78 is 0. The molecule has 0 aromatic heterocycles. The minimum atomic E-state index is -0.938. The molecule has 0 saturated carbocycles. The van der Waals surface area contributed by atoms with Gasteiger partial charge in [-0.1, -0.05) is 98.8 Å². The second kappa shape index (κ2) is 9.86. The van der Waals surface area contributed by atoms with Crippen molar-refractivity contribution in [3.63, 3.8) is 0 Å². The zero-order valence-electron chi connectivity index (χ0n) is 22.5. The highest BCUT2D eigenvalue weighted by Gasteiger charge is 2.56. The van der Waals surface area contributed by atoms with Gasteiger partial charge >= 0.3 is 0 Å². The van der Waals surface area contributed by atoms with Crippen LogP contribution in [0.3, 0.4) is 0 Å². The number of para-hydroxylation sites is 2. The van der Waals surface area contributed by atoms with Gasteiger partial charge in [-0.2, -0.15) is 10.2 Å². The third-order valence-corrected chi connectivity index (χ3v) is 8.65. The molecule has 2 aliphatic rings. The number of hydrogen-bond donors (Lipinski definition) is 0. The van der Waals surface area contributed by atoms with Crippen LogP contribution in [0, 0.1) is 6.92 Å². The van der Waals surface area contributed by atoms with Crippen molar-refractivity contribution in [2.24, 2.45) is 10.2 Å². The van der Waals surface area contributed by atoms with E-state index in [4.69, 9.17) is 10.2 Å². The first-order chi connectivity index (χ1) is 18.9. The predicted molar refractivity (Wildman–Crippen MR) is 163 cm³/mol.